The SMILES string of the molecule is CC(C)OCCCNC(=O)c1ccc2c(c1)NC(=O)C1CCCCN21. The van der Waals surface area contributed by atoms with E-state index in [-0.39, 0.29) is 24.0 Å². The Morgan fingerprint density at radius 3 is 3.04 bits per heavy atom. The first kappa shape index (κ1) is 17.7. The monoisotopic (exact) mass is 345 g/mol. The number of carbonyl (C=O) groups excluding carboxylic acids is 2. The molecule has 0 bridgehead atoms. The van der Waals surface area contributed by atoms with Crippen LogP contribution >= 0.6 is 0 Å². The van der Waals surface area contributed by atoms with Crippen LogP contribution in [0.3, 0.4) is 0 Å². The van der Waals surface area contributed by atoms with Crippen molar-refractivity contribution in [2.24, 2.45) is 0 Å². The lowest BCUT2D eigenvalue weighted by molar-refractivity contribution is -0.118. The summed E-state index contributed by atoms with van der Waals surface area (Å²) in [5.41, 5.74) is 2.32. The number of benzene rings is 1. The molecule has 0 aliphatic carbocycles. The summed E-state index contributed by atoms with van der Waals surface area (Å²) in [6.07, 6.45) is 4.07. The van der Waals surface area contributed by atoms with Crippen molar-refractivity contribution in [1.82, 2.24) is 5.32 Å². The summed E-state index contributed by atoms with van der Waals surface area (Å²) in [4.78, 5) is 26.8. The van der Waals surface area contributed by atoms with Crippen molar-refractivity contribution in [3.05, 3.63) is 23.8 Å². The molecule has 3 rings (SSSR count). The predicted molar refractivity (Wildman–Crippen MR) is 98.1 cm³/mol. The molecule has 2 aliphatic heterocycles. The van der Waals surface area contributed by atoms with Gasteiger partial charge in [0.25, 0.3) is 5.91 Å². The third-order valence-corrected chi connectivity index (χ3v) is 4.69. The number of ether oxygens (including phenoxy) is 1. The number of anilines is 2. The van der Waals surface area contributed by atoms with Crippen LogP contribution in [0.1, 0.15) is 49.9 Å². The van der Waals surface area contributed by atoms with E-state index in [0.717, 1.165) is 43.6 Å². The molecule has 1 saturated heterocycles. The lowest BCUT2D eigenvalue weighted by Crippen LogP contribution is -2.50. The van der Waals surface area contributed by atoms with E-state index in [4.69, 9.17) is 4.74 Å². The second-order valence-corrected chi connectivity index (χ2v) is 6.96. The van der Waals surface area contributed by atoms with Crippen LogP contribution in [-0.4, -0.2) is 43.7 Å². The summed E-state index contributed by atoms with van der Waals surface area (Å²) in [5, 5.41) is 5.86. The molecule has 0 saturated carbocycles. The number of nitrogens with zero attached hydrogens (tertiary/aromatic N) is 1. The first-order valence-corrected chi connectivity index (χ1v) is 9.17. The van der Waals surface area contributed by atoms with E-state index in [0.29, 0.717) is 18.7 Å². The number of nitrogens with one attached hydrogen (secondary N) is 2. The minimum atomic E-state index is -0.123. The normalized spacial score (nSPS) is 19.2. The van der Waals surface area contributed by atoms with Crippen LogP contribution in [0.15, 0.2) is 18.2 Å². The molecule has 2 N–H and O–H groups in total. The second kappa shape index (κ2) is 7.87. The number of fused-ring (bicyclic) bond motifs is 3. The molecule has 1 aromatic carbocycles. The molecule has 2 heterocycles. The highest BCUT2D eigenvalue weighted by Crippen LogP contribution is 2.36. The second-order valence-electron chi connectivity index (χ2n) is 6.96. The van der Waals surface area contributed by atoms with Crippen molar-refractivity contribution in [2.45, 2.75) is 51.7 Å². The molecule has 1 aromatic rings. The van der Waals surface area contributed by atoms with Crippen LogP contribution in [0.5, 0.6) is 0 Å². The van der Waals surface area contributed by atoms with E-state index in [1.165, 1.54) is 0 Å². The molecule has 25 heavy (non-hydrogen) atoms. The van der Waals surface area contributed by atoms with Gasteiger partial charge in [0.2, 0.25) is 5.91 Å². The topological polar surface area (TPSA) is 70.7 Å². The maximum atomic E-state index is 12.3. The zero-order valence-corrected chi connectivity index (χ0v) is 15.0. The highest BCUT2D eigenvalue weighted by molar-refractivity contribution is 6.05. The van der Waals surface area contributed by atoms with E-state index >= 15 is 0 Å². The van der Waals surface area contributed by atoms with Gasteiger partial charge in [0.1, 0.15) is 6.04 Å². The van der Waals surface area contributed by atoms with Crippen molar-refractivity contribution in [1.29, 1.82) is 0 Å². The molecule has 0 spiro atoms. The number of hydrogen-bond acceptors (Lipinski definition) is 4. The fourth-order valence-electron chi connectivity index (χ4n) is 3.43. The predicted octanol–water partition coefficient (Wildman–Crippen LogP) is 2.54. The third-order valence-electron chi connectivity index (χ3n) is 4.69. The summed E-state index contributed by atoms with van der Waals surface area (Å²) >= 11 is 0. The number of amides is 2. The van der Waals surface area contributed by atoms with E-state index in [2.05, 4.69) is 15.5 Å². The van der Waals surface area contributed by atoms with Crippen LogP contribution in [0.2, 0.25) is 0 Å². The molecule has 6 heteroatoms. The lowest BCUT2D eigenvalue weighted by atomic mass is 9.97. The molecular formula is C19H27N3O3. The van der Waals surface area contributed by atoms with Crippen LogP contribution in [0, 0.1) is 0 Å². The molecule has 0 aromatic heterocycles. The number of hydrogen-bond donors (Lipinski definition) is 2. The molecule has 136 valence electrons. The van der Waals surface area contributed by atoms with Crippen molar-refractivity contribution in [3.8, 4) is 0 Å². The Hall–Kier alpha value is -2.08. The van der Waals surface area contributed by atoms with Gasteiger partial charge in [0, 0.05) is 25.3 Å². The number of rotatable bonds is 6. The Bertz CT molecular complexity index is 645. The summed E-state index contributed by atoms with van der Waals surface area (Å²) in [6.45, 7) is 6.09. The van der Waals surface area contributed by atoms with Gasteiger partial charge < -0.3 is 20.3 Å². The fourth-order valence-corrected chi connectivity index (χ4v) is 3.43. The first-order valence-electron chi connectivity index (χ1n) is 9.17. The van der Waals surface area contributed by atoms with Gasteiger partial charge in [-0.15, -0.1) is 0 Å². The van der Waals surface area contributed by atoms with Gasteiger partial charge >= 0.3 is 0 Å². The van der Waals surface area contributed by atoms with Crippen molar-refractivity contribution in [3.63, 3.8) is 0 Å². The van der Waals surface area contributed by atoms with E-state index in [9.17, 15) is 9.59 Å². The Kier molecular flexibility index (Phi) is 5.58. The van der Waals surface area contributed by atoms with Gasteiger partial charge in [0.05, 0.1) is 17.5 Å². The molecule has 2 amide bonds. The lowest BCUT2D eigenvalue weighted by Gasteiger charge is -2.41. The minimum absolute atomic E-state index is 0.0376. The van der Waals surface area contributed by atoms with Crippen molar-refractivity contribution >= 4 is 23.2 Å². The van der Waals surface area contributed by atoms with Gasteiger partial charge in [-0.1, -0.05) is 0 Å². The highest BCUT2D eigenvalue weighted by atomic mass is 16.5. The van der Waals surface area contributed by atoms with E-state index < -0.39 is 0 Å². The smallest absolute Gasteiger partial charge is 0.251 e. The Morgan fingerprint density at radius 1 is 1.40 bits per heavy atom. The quantitative estimate of drug-likeness (QED) is 0.778. The maximum absolute atomic E-state index is 12.3. The third kappa shape index (κ3) is 4.12. The molecule has 2 aliphatic rings. The summed E-state index contributed by atoms with van der Waals surface area (Å²) < 4.78 is 5.46. The van der Waals surface area contributed by atoms with Crippen LogP contribution in [0.4, 0.5) is 11.4 Å². The molecular weight excluding hydrogens is 318 g/mol. The molecule has 0 radical (unpaired) electrons. The first-order chi connectivity index (χ1) is 12.1. The fraction of sp³-hybridized carbons (Fsp3) is 0.579. The summed E-state index contributed by atoms with van der Waals surface area (Å²) in [5.74, 6) is -0.0852. The average molecular weight is 345 g/mol. The number of carbonyl (C=O) groups is 2. The van der Waals surface area contributed by atoms with Gasteiger partial charge in [-0.2, -0.15) is 0 Å². The van der Waals surface area contributed by atoms with Gasteiger partial charge in [-0.05, 0) is 57.7 Å². The Labute approximate surface area is 148 Å². The Morgan fingerprint density at radius 2 is 2.24 bits per heavy atom. The minimum Gasteiger partial charge on any atom is -0.379 e. The Balaban J connectivity index is 1.62. The highest BCUT2D eigenvalue weighted by Gasteiger charge is 2.34. The van der Waals surface area contributed by atoms with Gasteiger partial charge in [-0.3, -0.25) is 9.59 Å². The maximum Gasteiger partial charge on any atom is 0.251 e. The molecule has 1 fully saturated rings. The van der Waals surface area contributed by atoms with Crippen LogP contribution in [0.25, 0.3) is 0 Å². The van der Waals surface area contributed by atoms with Gasteiger partial charge in [0.15, 0.2) is 0 Å². The zero-order chi connectivity index (χ0) is 17.8. The van der Waals surface area contributed by atoms with Gasteiger partial charge in [-0.25, -0.2) is 0 Å². The standard InChI is InChI=1S/C19H27N3O3/c1-13(2)25-11-5-9-20-18(23)14-7-8-16-15(12-14)21-19(24)17-6-3-4-10-22(16)17/h7-8,12-13,17H,3-6,9-11H2,1-2H3,(H,20,23)(H,21,24). The zero-order valence-electron chi connectivity index (χ0n) is 15.0. The van der Waals surface area contributed by atoms with Crippen LogP contribution in [-0.2, 0) is 9.53 Å². The number of piperidine rings is 1. The van der Waals surface area contributed by atoms with Crippen molar-refractivity contribution < 1.29 is 14.3 Å². The molecule has 1 atom stereocenters. The van der Waals surface area contributed by atoms with E-state index in [1.54, 1.807) is 6.07 Å². The van der Waals surface area contributed by atoms with Crippen LogP contribution < -0.4 is 15.5 Å². The average Bonchev–Trinajstić information content (AvgIpc) is 2.61. The molecule has 1 unspecified atom stereocenters. The summed E-state index contributed by atoms with van der Waals surface area (Å²) in [6, 6.07) is 5.49. The largest absolute Gasteiger partial charge is 0.379 e. The summed E-state index contributed by atoms with van der Waals surface area (Å²) in [7, 11) is 0. The molecule has 6 nitrogen and oxygen atoms in total. The van der Waals surface area contributed by atoms with Crippen molar-refractivity contribution in [2.75, 3.05) is 29.9 Å². The van der Waals surface area contributed by atoms with E-state index in [1.807, 2.05) is 26.0 Å².